The summed E-state index contributed by atoms with van der Waals surface area (Å²) in [5, 5.41) is 12.2. The highest BCUT2D eigenvalue weighted by molar-refractivity contribution is 5.93. The van der Waals surface area contributed by atoms with Crippen molar-refractivity contribution in [3.63, 3.8) is 0 Å². The topological polar surface area (TPSA) is 108 Å². The van der Waals surface area contributed by atoms with Crippen molar-refractivity contribution in [3.05, 3.63) is 58.0 Å². The van der Waals surface area contributed by atoms with Gasteiger partial charge in [0.1, 0.15) is 5.75 Å². The van der Waals surface area contributed by atoms with Crippen LogP contribution in [0.15, 0.2) is 41.3 Å². The molecule has 0 aliphatic rings. The van der Waals surface area contributed by atoms with Gasteiger partial charge in [0.15, 0.2) is 0 Å². The number of H-pyrrole nitrogens is 1. The fourth-order valence-electron chi connectivity index (χ4n) is 1.58. The van der Waals surface area contributed by atoms with Gasteiger partial charge in [-0.3, -0.25) is 9.59 Å². The largest absolute Gasteiger partial charge is 0.508 e. The minimum atomic E-state index is -0.349. The second kappa shape index (κ2) is 5.26. The Hall–Kier alpha value is -2.76. The molecule has 0 saturated carbocycles. The van der Waals surface area contributed by atoms with E-state index in [1.165, 1.54) is 24.4 Å². The molecule has 19 heavy (non-hydrogen) atoms. The third-order valence-corrected chi connectivity index (χ3v) is 2.59. The van der Waals surface area contributed by atoms with E-state index in [0.29, 0.717) is 16.8 Å². The molecule has 0 radical (unpaired) electrons. The van der Waals surface area contributed by atoms with Crippen molar-refractivity contribution in [2.45, 2.75) is 6.54 Å². The first kappa shape index (κ1) is 12.7. The number of hydrogen-bond acceptors (Lipinski definition) is 4. The molecule has 0 saturated heterocycles. The van der Waals surface area contributed by atoms with Crippen LogP contribution in [0.3, 0.4) is 0 Å². The van der Waals surface area contributed by atoms with Crippen LogP contribution < -0.4 is 16.6 Å². The quantitative estimate of drug-likeness (QED) is 0.478. The predicted octanol–water partition coefficient (Wildman–Crippen LogP) is 0.593. The molecule has 0 spiro atoms. The van der Waals surface area contributed by atoms with Crippen LogP contribution in [-0.2, 0) is 6.54 Å². The van der Waals surface area contributed by atoms with Gasteiger partial charge in [-0.1, -0.05) is 0 Å². The Bertz CT molecular complexity index is 644. The summed E-state index contributed by atoms with van der Waals surface area (Å²) >= 11 is 0. The van der Waals surface area contributed by atoms with Gasteiger partial charge in [-0.25, -0.2) is 0 Å². The molecule has 0 bridgehead atoms. The number of rotatable bonds is 3. The van der Waals surface area contributed by atoms with Crippen LogP contribution in [0.2, 0.25) is 0 Å². The van der Waals surface area contributed by atoms with Crippen molar-refractivity contribution >= 4 is 11.6 Å². The number of aromatic hydroxyl groups is 1. The van der Waals surface area contributed by atoms with Crippen LogP contribution in [0.25, 0.3) is 0 Å². The van der Waals surface area contributed by atoms with E-state index in [2.05, 4.69) is 10.3 Å². The number of nitrogen functional groups attached to an aromatic ring is 1. The smallest absolute Gasteiger partial charge is 0.253 e. The highest BCUT2D eigenvalue weighted by Crippen LogP contribution is 2.19. The van der Waals surface area contributed by atoms with E-state index in [4.69, 9.17) is 5.73 Å². The van der Waals surface area contributed by atoms with Gasteiger partial charge >= 0.3 is 0 Å². The number of aromatic nitrogens is 1. The second-order valence-electron chi connectivity index (χ2n) is 4.01. The third-order valence-electron chi connectivity index (χ3n) is 2.59. The molecule has 0 aliphatic carbocycles. The van der Waals surface area contributed by atoms with Gasteiger partial charge in [0.05, 0.1) is 5.56 Å². The summed E-state index contributed by atoms with van der Waals surface area (Å²) < 4.78 is 0. The molecule has 1 amide bonds. The molecule has 0 atom stereocenters. The molecule has 2 rings (SSSR count). The number of amides is 1. The zero-order valence-corrected chi connectivity index (χ0v) is 10.0. The van der Waals surface area contributed by atoms with E-state index >= 15 is 0 Å². The Balaban J connectivity index is 2.06. The zero-order valence-electron chi connectivity index (χ0n) is 10.0. The van der Waals surface area contributed by atoms with Crippen LogP contribution in [0.1, 0.15) is 15.9 Å². The highest BCUT2D eigenvalue weighted by Gasteiger charge is 2.07. The molecule has 0 unspecified atom stereocenters. The standard InChI is InChI=1S/C13H13N3O3/c14-10-2-3-11(17)9(5-10)7-16-13(19)8-1-4-12(18)15-6-8/h1-6,17H,7,14H2,(H,15,18)(H,16,19). The summed E-state index contributed by atoms with van der Waals surface area (Å²) in [5.74, 6) is -0.283. The first-order chi connectivity index (χ1) is 9.06. The van der Waals surface area contributed by atoms with Crippen molar-refractivity contribution in [2.24, 2.45) is 0 Å². The first-order valence-electron chi connectivity index (χ1n) is 5.60. The lowest BCUT2D eigenvalue weighted by Gasteiger charge is -2.07. The highest BCUT2D eigenvalue weighted by atomic mass is 16.3. The number of anilines is 1. The number of benzene rings is 1. The number of nitrogens with one attached hydrogen (secondary N) is 2. The minimum Gasteiger partial charge on any atom is -0.508 e. The molecule has 1 heterocycles. The number of hydrogen-bond donors (Lipinski definition) is 4. The molecule has 1 aromatic carbocycles. The average molecular weight is 259 g/mol. The summed E-state index contributed by atoms with van der Waals surface area (Å²) in [6, 6.07) is 7.32. The molecule has 2 aromatic rings. The van der Waals surface area contributed by atoms with Crippen molar-refractivity contribution in [3.8, 4) is 5.75 Å². The van der Waals surface area contributed by atoms with Gasteiger partial charge < -0.3 is 21.1 Å². The van der Waals surface area contributed by atoms with Gasteiger partial charge in [0.25, 0.3) is 5.91 Å². The second-order valence-corrected chi connectivity index (χ2v) is 4.01. The lowest BCUT2D eigenvalue weighted by Crippen LogP contribution is -2.23. The number of pyridine rings is 1. The molecule has 6 heteroatoms. The molecule has 0 aliphatic heterocycles. The number of nitrogens with two attached hydrogens (primary N) is 1. The predicted molar refractivity (Wildman–Crippen MR) is 70.8 cm³/mol. The molecular weight excluding hydrogens is 246 g/mol. The molecule has 98 valence electrons. The lowest BCUT2D eigenvalue weighted by atomic mass is 10.1. The average Bonchev–Trinajstić information content (AvgIpc) is 2.40. The van der Waals surface area contributed by atoms with Gasteiger partial charge in [-0.15, -0.1) is 0 Å². The fourth-order valence-corrected chi connectivity index (χ4v) is 1.58. The summed E-state index contributed by atoms with van der Waals surface area (Å²) in [7, 11) is 0. The van der Waals surface area contributed by atoms with Crippen molar-refractivity contribution < 1.29 is 9.90 Å². The molecule has 1 aromatic heterocycles. The monoisotopic (exact) mass is 259 g/mol. The van der Waals surface area contributed by atoms with Gasteiger partial charge in [-0.2, -0.15) is 0 Å². The van der Waals surface area contributed by atoms with Crippen LogP contribution in [-0.4, -0.2) is 16.0 Å². The minimum absolute atomic E-state index is 0.0657. The maximum atomic E-state index is 11.8. The van der Waals surface area contributed by atoms with Crippen LogP contribution in [0, 0.1) is 0 Å². The fraction of sp³-hybridized carbons (Fsp3) is 0.0769. The molecule has 5 N–H and O–H groups in total. The van der Waals surface area contributed by atoms with E-state index in [-0.39, 0.29) is 23.8 Å². The summed E-state index contributed by atoms with van der Waals surface area (Å²) in [6.07, 6.45) is 1.33. The van der Waals surface area contributed by atoms with E-state index in [1.807, 2.05) is 0 Å². The number of carbonyl (C=O) groups excluding carboxylic acids is 1. The Morgan fingerprint density at radius 1 is 1.32 bits per heavy atom. The van der Waals surface area contributed by atoms with Gasteiger partial charge in [0.2, 0.25) is 5.56 Å². The normalized spacial score (nSPS) is 10.1. The maximum Gasteiger partial charge on any atom is 0.253 e. The summed E-state index contributed by atoms with van der Waals surface area (Å²) in [6.45, 7) is 0.148. The van der Waals surface area contributed by atoms with Crippen molar-refractivity contribution in [1.82, 2.24) is 10.3 Å². The summed E-state index contributed by atoms with van der Waals surface area (Å²) in [5.41, 5.74) is 6.69. The lowest BCUT2D eigenvalue weighted by molar-refractivity contribution is 0.0950. The third kappa shape index (κ3) is 3.12. The van der Waals surface area contributed by atoms with Crippen LogP contribution >= 0.6 is 0 Å². The maximum absolute atomic E-state index is 11.8. The SMILES string of the molecule is Nc1ccc(O)c(CNC(=O)c2ccc(=O)[nH]c2)c1. The zero-order chi connectivity index (χ0) is 13.8. The number of carbonyl (C=O) groups is 1. The molecule has 6 nitrogen and oxygen atoms in total. The van der Waals surface area contributed by atoms with E-state index in [1.54, 1.807) is 12.1 Å². The Morgan fingerprint density at radius 3 is 2.79 bits per heavy atom. The Kier molecular flexibility index (Phi) is 3.51. The Morgan fingerprint density at radius 2 is 2.11 bits per heavy atom. The molecular formula is C13H13N3O3. The summed E-state index contributed by atoms with van der Waals surface area (Å²) in [4.78, 5) is 25.1. The van der Waals surface area contributed by atoms with Gasteiger partial charge in [0, 0.05) is 30.1 Å². The van der Waals surface area contributed by atoms with Crippen molar-refractivity contribution in [2.75, 3.05) is 5.73 Å². The van der Waals surface area contributed by atoms with E-state index < -0.39 is 0 Å². The number of phenolic OH excluding ortho intramolecular Hbond substituents is 1. The number of aromatic amines is 1. The first-order valence-corrected chi connectivity index (χ1v) is 5.60. The Labute approximate surface area is 108 Å². The van der Waals surface area contributed by atoms with E-state index in [9.17, 15) is 14.7 Å². The van der Waals surface area contributed by atoms with Gasteiger partial charge in [-0.05, 0) is 24.3 Å². The number of phenols is 1. The molecule has 0 fully saturated rings. The van der Waals surface area contributed by atoms with E-state index in [0.717, 1.165) is 0 Å². The van der Waals surface area contributed by atoms with Crippen LogP contribution in [0.5, 0.6) is 5.75 Å². The van der Waals surface area contributed by atoms with Crippen molar-refractivity contribution in [1.29, 1.82) is 0 Å². The van der Waals surface area contributed by atoms with Crippen LogP contribution in [0.4, 0.5) is 5.69 Å².